The fourth-order valence-corrected chi connectivity index (χ4v) is 2.72. The molecule has 0 spiro atoms. The van der Waals surface area contributed by atoms with Crippen molar-refractivity contribution in [2.45, 2.75) is 46.0 Å². The Morgan fingerprint density at radius 2 is 1.45 bits per heavy atom. The smallest absolute Gasteiger partial charge is 0.276 e. The van der Waals surface area contributed by atoms with Crippen molar-refractivity contribution in [2.24, 2.45) is 0 Å². The Labute approximate surface area is 172 Å². The molecule has 6 nitrogen and oxygen atoms in total. The molecule has 0 aliphatic carbocycles. The van der Waals surface area contributed by atoms with Gasteiger partial charge in [0.25, 0.3) is 11.8 Å². The van der Waals surface area contributed by atoms with E-state index in [1.54, 1.807) is 0 Å². The van der Waals surface area contributed by atoms with Gasteiger partial charge in [0, 0.05) is 0 Å². The lowest BCUT2D eigenvalue weighted by Gasteiger charge is -2.14. The molecule has 29 heavy (non-hydrogen) atoms. The number of benzene rings is 2. The maximum Gasteiger partial charge on any atom is 0.276 e. The quantitative estimate of drug-likeness (QED) is 0.628. The normalized spacial score (nSPS) is 11.6. The molecule has 0 saturated carbocycles. The Morgan fingerprint density at radius 1 is 0.862 bits per heavy atom. The fraction of sp³-hybridized carbons (Fsp3) is 0.391. The van der Waals surface area contributed by atoms with Crippen LogP contribution in [0.2, 0.25) is 0 Å². The third-order valence-electron chi connectivity index (χ3n) is 4.67. The molecule has 0 aliphatic rings. The summed E-state index contributed by atoms with van der Waals surface area (Å²) in [7, 11) is 0. The number of hydrogen-bond acceptors (Lipinski definition) is 4. The molecule has 0 radical (unpaired) electrons. The number of ether oxygens (including phenoxy) is 2. The number of amides is 2. The van der Waals surface area contributed by atoms with E-state index in [4.69, 9.17) is 9.47 Å². The number of hydrazine groups is 1. The highest BCUT2D eigenvalue weighted by atomic mass is 16.5. The summed E-state index contributed by atoms with van der Waals surface area (Å²) in [5, 5.41) is 0. The van der Waals surface area contributed by atoms with Crippen LogP contribution in [0.5, 0.6) is 11.5 Å². The van der Waals surface area contributed by atoms with Crippen LogP contribution < -0.4 is 20.3 Å². The second-order valence-corrected chi connectivity index (χ2v) is 7.24. The summed E-state index contributed by atoms with van der Waals surface area (Å²) >= 11 is 0. The molecular formula is C23H30N2O4. The van der Waals surface area contributed by atoms with E-state index in [-0.39, 0.29) is 19.1 Å². The van der Waals surface area contributed by atoms with Gasteiger partial charge in [-0.2, -0.15) is 0 Å². The second-order valence-electron chi connectivity index (χ2n) is 7.24. The minimum Gasteiger partial charge on any atom is -0.484 e. The van der Waals surface area contributed by atoms with Crippen LogP contribution in [0.25, 0.3) is 0 Å². The Balaban J connectivity index is 1.71. The summed E-state index contributed by atoms with van der Waals surface area (Å²) in [6.07, 6.45) is 1.06. The summed E-state index contributed by atoms with van der Waals surface area (Å²) < 4.78 is 11.0. The average molecular weight is 399 g/mol. The van der Waals surface area contributed by atoms with Gasteiger partial charge in [-0.15, -0.1) is 0 Å². The summed E-state index contributed by atoms with van der Waals surface area (Å²) in [6.45, 7) is 8.03. The molecule has 2 N–H and O–H groups in total. The van der Waals surface area contributed by atoms with Gasteiger partial charge in [0.2, 0.25) is 0 Å². The Hall–Kier alpha value is -3.02. The molecule has 0 fully saturated rings. The van der Waals surface area contributed by atoms with Crippen molar-refractivity contribution >= 4 is 11.8 Å². The molecule has 2 amide bonds. The summed E-state index contributed by atoms with van der Waals surface area (Å²) in [5.41, 5.74) is 6.90. The number of rotatable bonds is 9. The predicted molar refractivity (Wildman–Crippen MR) is 113 cm³/mol. The lowest BCUT2D eigenvalue weighted by molar-refractivity contribution is -0.131. The maximum atomic E-state index is 11.9. The Bertz CT molecular complexity index is 803. The summed E-state index contributed by atoms with van der Waals surface area (Å²) in [6, 6.07) is 15.2. The van der Waals surface area contributed by atoms with Gasteiger partial charge >= 0.3 is 0 Å². The SMILES string of the molecule is CCC(C)c1ccc(OCC(=O)NNC(=O)COc2ccccc2C(C)C)cc1. The molecule has 0 aromatic heterocycles. The molecule has 156 valence electrons. The van der Waals surface area contributed by atoms with Crippen molar-refractivity contribution in [1.82, 2.24) is 10.9 Å². The number of nitrogens with one attached hydrogen (secondary N) is 2. The van der Waals surface area contributed by atoms with E-state index in [1.165, 1.54) is 5.56 Å². The van der Waals surface area contributed by atoms with Gasteiger partial charge in [-0.05, 0) is 47.6 Å². The van der Waals surface area contributed by atoms with Crippen LogP contribution in [0.3, 0.4) is 0 Å². The lowest BCUT2D eigenvalue weighted by Crippen LogP contribution is -2.45. The first-order valence-electron chi connectivity index (χ1n) is 9.92. The van der Waals surface area contributed by atoms with Gasteiger partial charge in [0.05, 0.1) is 0 Å². The van der Waals surface area contributed by atoms with Gasteiger partial charge < -0.3 is 9.47 Å². The molecule has 2 rings (SSSR count). The van der Waals surface area contributed by atoms with Crippen LogP contribution in [0.15, 0.2) is 48.5 Å². The van der Waals surface area contributed by atoms with Gasteiger partial charge in [-0.3, -0.25) is 20.4 Å². The zero-order chi connectivity index (χ0) is 21.2. The molecule has 0 saturated heterocycles. The first kappa shape index (κ1) is 22.3. The molecule has 2 aromatic carbocycles. The zero-order valence-electron chi connectivity index (χ0n) is 17.5. The van der Waals surface area contributed by atoms with Gasteiger partial charge in [-0.1, -0.05) is 58.0 Å². The van der Waals surface area contributed by atoms with Gasteiger partial charge in [0.1, 0.15) is 11.5 Å². The molecular weight excluding hydrogens is 368 g/mol. The van der Waals surface area contributed by atoms with E-state index < -0.39 is 11.8 Å². The molecule has 1 atom stereocenters. The average Bonchev–Trinajstić information content (AvgIpc) is 2.74. The van der Waals surface area contributed by atoms with Gasteiger partial charge in [0.15, 0.2) is 13.2 Å². The largest absolute Gasteiger partial charge is 0.484 e. The van der Waals surface area contributed by atoms with E-state index in [1.807, 2.05) is 48.5 Å². The monoisotopic (exact) mass is 398 g/mol. The van der Waals surface area contributed by atoms with E-state index in [2.05, 4.69) is 38.5 Å². The van der Waals surface area contributed by atoms with Crippen LogP contribution >= 0.6 is 0 Å². The first-order valence-corrected chi connectivity index (χ1v) is 9.92. The van der Waals surface area contributed by atoms with Crippen LogP contribution in [0.1, 0.15) is 57.1 Å². The van der Waals surface area contributed by atoms with E-state index >= 15 is 0 Å². The van der Waals surface area contributed by atoms with Crippen molar-refractivity contribution in [2.75, 3.05) is 13.2 Å². The lowest BCUT2D eigenvalue weighted by atomic mass is 9.99. The van der Waals surface area contributed by atoms with E-state index in [0.29, 0.717) is 17.4 Å². The van der Waals surface area contributed by atoms with Crippen molar-refractivity contribution < 1.29 is 19.1 Å². The van der Waals surface area contributed by atoms with Crippen LogP contribution in [0, 0.1) is 0 Å². The predicted octanol–water partition coefficient (Wildman–Crippen LogP) is 3.93. The minimum absolute atomic E-state index is 0.193. The standard InChI is InChI=1S/C23H30N2O4/c1-5-17(4)18-10-12-19(13-11-18)28-14-22(26)24-25-23(27)15-29-21-9-7-6-8-20(21)16(2)3/h6-13,16-17H,5,14-15H2,1-4H3,(H,24,26)(H,25,27). The molecule has 0 bridgehead atoms. The second kappa shape index (κ2) is 11.1. The Morgan fingerprint density at radius 3 is 2.03 bits per heavy atom. The van der Waals surface area contributed by atoms with Crippen molar-refractivity contribution in [3.05, 3.63) is 59.7 Å². The molecule has 0 heterocycles. The molecule has 2 aromatic rings. The van der Waals surface area contributed by atoms with Crippen LogP contribution in [-0.4, -0.2) is 25.0 Å². The first-order chi connectivity index (χ1) is 13.9. The third-order valence-corrected chi connectivity index (χ3v) is 4.67. The maximum absolute atomic E-state index is 11.9. The molecule has 1 unspecified atom stereocenters. The molecule has 0 aliphatic heterocycles. The van der Waals surface area contributed by atoms with Gasteiger partial charge in [-0.25, -0.2) is 0 Å². The van der Waals surface area contributed by atoms with E-state index in [0.717, 1.165) is 12.0 Å². The van der Waals surface area contributed by atoms with Crippen LogP contribution in [0.4, 0.5) is 0 Å². The highest BCUT2D eigenvalue weighted by molar-refractivity contribution is 5.83. The number of para-hydroxylation sites is 1. The van der Waals surface area contributed by atoms with Crippen molar-refractivity contribution in [3.8, 4) is 11.5 Å². The topological polar surface area (TPSA) is 76.7 Å². The number of hydrogen-bond donors (Lipinski definition) is 2. The number of carbonyl (C=O) groups excluding carboxylic acids is 2. The Kier molecular flexibility index (Phi) is 8.52. The zero-order valence-corrected chi connectivity index (χ0v) is 17.5. The van der Waals surface area contributed by atoms with Crippen LogP contribution in [-0.2, 0) is 9.59 Å². The van der Waals surface area contributed by atoms with E-state index in [9.17, 15) is 9.59 Å². The fourth-order valence-electron chi connectivity index (χ4n) is 2.72. The third kappa shape index (κ3) is 7.14. The summed E-state index contributed by atoms with van der Waals surface area (Å²) in [4.78, 5) is 23.8. The highest BCUT2D eigenvalue weighted by Crippen LogP contribution is 2.25. The van der Waals surface area contributed by atoms with Crippen molar-refractivity contribution in [3.63, 3.8) is 0 Å². The highest BCUT2D eigenvalue weighted by Gasteiger charge is 2.10. The minimum atomic E-state index is -0.452. The number of carbonyl (C=O) groups is 2. The summed E-state index contributed by atoms with van der Waals surface area (Å²) in [5.74, 6) is 1.13. The van der Waals surface area contributed by atoms with Crippen molar-refractivity contribution in [1.29, 1.82) is 0 Å². The molecule has 6 heteroatoms.